The third-order valence-corrected chi connectivity index (χ3v) is 2.13. The molecule has 0 amide bonds. The minimum Gasteiger partial charge on any atom is -0.375 e. The molecular formula is C11H18N2O2. The van der Waals surface area contributed by atoms with Crippen LogP contribution >= 0.6 is 0 Å². The van der Waals surface area contributed by atoms with E-state index in [-0.39, 0.29) is 11.7 Å². The number of aromatic nitrogens is 1. The van der Waals surface area contributed by atoms with Crippen molar-refractivity contribution in [3.05, 3.63) is 34.7 Å². The van der Waals surface area contributed by atoms with E-state index >= 15 is 0 Å². The Labute approximate surface area is 89.9 Å². The predicted molar refractivity (Wildman–Crippen MR) is 60.0 cm³/mol. The largest absolute Gasteiger partial charge is 0.375 e. The summed E-state index contributed by atoms with van der Waals surface area (Å²) in [7, 11) is 1.89. The minimum atomic E-state index is 0.0161. The highest BCUT2D eigenvalue weighted by Gasteiger charge is 2.00. The van der Waals surface area contributed by atoms with Gasteiger partial charge in [-0.15, -0.1) is 0 Å². The maximum absolute atomic E-state index is 11.3. The molecule has 0 radical (unpaired) electrons. The zero-order chi connectivity index (χ0) is 11.1. The van der Waals surface area contributed by atoms with Crippen molar-refractivity contribution in [2.75, 3.05) is 20.2 Å². The van der Waals surface area contributed by atoms with E-state index in [1.165, 1.54) is 0 Å². The lowest BCUT2D eigenvalue weighted by atomic mass is 10.4. The Balaban J connectivity index is 2.32. The molecule has 1 aromatic heterocycles. The molecule has 0 bridgehead atoms. The summed E-state index contributed by atoms with van der Waals surface area (Å²) >= 11 is 0. The van der Waals surface area contributed by atoms with Gasteiger partial charge in [-0.3, -0.25) is 4.79 Å². The second-order valence-corrected chi connectivity index (χ2v) is 3.47. The van der Waals surface area contributed by atoms with Crippen molar-refractivity contribution in [3.8, 4) is 0 Å². The molecule has 4 heteroatoms. The lowest BCUT2D eigenvalue weighted by molar-refractivity contribution is 0.0611. The molecule has 0 spiro atoms. The van der Waals surface area contributed by atoms with Gasteiger partial charge in [0.2, 0.25) is 0 Å². The van der Waals surface area contributed by atoms with Gasteiger partial charge in [0.1, 0.15) is 0 Å². The van der Waals surface area contributed by atoms with Crippen LogP contribution < -0.4 is 10.9 Å². The summed E-state index contributed by atoms with van der Waals surface area (Å²) in [5.74, 6) is 0. The second-order valence-electron chi connectivity index (χ2n) is 3.47. The van der Waals surface area contributed by atoms with E-state index in [1.807, 2.05) is 20.0 Å². The Morgan fingerprint density at radius 1 is 1.53 bits per heavy atom. The SMILES string of the molecule is CNCC(C)OCCn1ccccc1=O. The molecule has 0 aliphatic heterocycles. The molecule has 1 heterocycles. The molecule has 1 N–H and O–H groups in total. The van der Waals surface area contributed by atoms with Crippen LogP contribution in [0.25, 0.3) is 0 Å². The summed E-state index contributed by atoms with van der Waals surface area (Å²) in [5.41, 5.74) is 0.0161. The van der Waals surface area contributed by atoms with Crippen LogP contribution in [0, 0.1) is 0 Å². The first kappa shape index (κ1) is 11.9. The van der Waals surface area contributed by atoms with Crippen LogP contribution in [-0.4, -0.2) is 30.9 Å². The molecule has 1 rings (SSSR count). The third-order valence-electron chi connectivity index (χ3n) is 2.13. The summed E-state index contributed by atoms with van der Waals surface area (Å²) in [4.78, 5) is 11.3. The Bertz CT molecular complexity index is 335. The van der Waals surface area contributed by atoms with Crippen LogP contribution in [0.4, 0.5) is 0 Å². The Morgan fingerprint density at radius 2 is 2.33 bits per heavy atom. The van der Waals surface area contributed by atoms with Crippen molar-refractivity contribution in [1.82, 2.24) is 9.88 Å². The first-order valence-corrected chi connectivity index (χ1v) is 5.15. The van der Waals surface area contributed by atoms with Crippen molar-refractivity contribution in [2.45, 2.75) is 19.6 Å². The number of hydrogen-bond acceptors (Lipinski definition) is 3. The van der Waals surface area contributed by atoms with Gasteiger partial charge in [0.25, 0.3) is 5.56 Å². The van der Waals surface area contributed by atoms with Crippen LogP contribution in [0.3, 0.4) is 0 Å². The molecular weight excluding hydrogens is 192 g/mol. The predicted octanol–water partition coefficient (Wildman–Crippen LogP) is 0.473. The maximum Gasteiger partial charge on any atom is 0.250 e. The van der Waals surface area contributed by atoms with Gasteiger partial charge in [0.05, 0.1) is 12.7 Å². The van der Waals surface area contributed by atoms with Crippen LogP contribution in [-0.2, 0) is 11.3 Å². The summed E-state index contributed by atoms with van der Waals surface area (Å²) < 4.78 is 7.16. The zero-order valence-electron chi connectivity index (χ0n) is 9.27. The Morgan fingerprint density at radius 3 is 3.00 bits per heavy atom. The van der Waals surface area contributed by atoms with E-state index in [4.69, 9.17) is 4.74 Å². The van der Waals surface area contributed by atoms with Crippen LogP contribution in [0.5, 0.6) is 0 Å². The van der Waals surface area contributed by atoms with Gasteiger partial charge in [-0.25, -0.2) is 0 Å². The molecule has 0 aromatic carbocycles. The summed E-state index contributed by atoms with van der Waals surface area (Å²) in [6, 6.07) is 5.14. The van der Waals surface area contributed by atoms with Crippen molar-refractivity contribution in [1.29, 1.82) is 0 Å². The number of ether oxygens (including phenoxy) is 1. The van der Waals surface area contributed by atoms with Crippen molar-refractivity contribution in [3.63, 3.8) is 0 Å². The monoisotopic (exact) mass is 210 g/mol. The first-order chi connectivity index (χ1) is 7.24. The normalized spacial score (nSPS) is 12.7. The maximum atomic E-state index is 11.3. The van der Waals surface area contributed by atoms with Crippen molar-refractivity contribution >= 4 is 0 Å². The number of hydrogen-bond donors (Lipinski definition) is 1. The van der Waals surface area contributed by atoms with Crippen LogP contribution in [0.15, 0.2) is 29.2 Å². The van der Waals surface area contributed by atoms with E-state index in [0.717, 1.165) is 6.54 Å². The molecule has 15 heavy (non-hydrogen) atoms. The standard InChI is InChI=1S/C11H18N2O2/c1-10(9-12-2)15-8-7-13-6-4-3-5-11(13)14/h3-6,10,12H,7-9H2,1-2H3. The fourth-order valence-corrected chi connectivity index (χ4v) is 1.34. The minimum absolute atomic E-state index is 0.0161. The lowest BCUT2D eigenvalue weighted by Gasteiger charge is -2.12. The van der Waals surface area contributed by atoms with E-state index < -0.39 is 0 Å². The number of rotatable bonds is 6. The summed E-state index contributed by atoms with van der Waals surface area (Å²) in [5, 5.41) is 3.03. The molecule has 0 saturated carbocycles. The molecule has 4 nitrogen and oxygen atoms in total. The third kappa shape index (κ3) is 4.27. The highest BCUT2D eigenvalue weighted by molar-refractivity contribution is 4.92. The smallest absolute Gasteiger partial charge is 0.250 e. The molecule has 0 aliphatic rings. The number of likely N-dealkylation sites (N-methyl/N-ethyl adjacent to an activating group) is 1. The Kier molecular flexibility index (Phi) is 5.07. The van der Waals surface area contributed by atoms with Gasteiger partial charge in [0.15, 0.2) is 0 Å². The molecule has 1 unspecified atom stereocenters. The van der Waals surface area contributed by atoms with E-state index in [0.29, 0.717) is 13.2 Å². The highest BCUT2D eigenvalue weighted by atomic mass is 16.5. The number of nitrogens with zero attached hydrogens (tertiary/aromatic N) is 1. The molecule has 0 saturated heterocycles. The molecule has 0 fully saturated rings. The van der Waals surface area contributed by atoms with Gasteiger partial charge in [0, 0.05) is 25.4 Å². The quantitative estimate of drug-likeness (QED) is 0.742. The van der Waals surface area contributed by atoms with Gasteiger partial charge in [-0.1, -0.05) is 6.07 Å². The summed E-state index contributed by atoms with van der Waals surface area (Å²) in [6.07, 6.45) is 1.95. The fourth-order valence-electron chi connectivity index (χ4n) is 1.34. The molecule has 84 valence electrons. The Hall–Kier alpha value is -1.13. The summed E-state index contributed by atoms with van der Waals surface area (Å²) in [6.45, 7) is 3.99. The first-order valence-electron chi connectivity index (χ1n) is 5.15. The van der Waals surface area contributed by atoms with Crippen molar-refractivity contribution in [2.24, 2.45) is 0 Å². The fraction of sp³-hybridized carbons (Fsp3) is 0.545. The average Bonchev–Trinajstić information content (AvgIpc) is 2.21. The molecule has 1 aromatic rings. The zero-order valence-corrected chi connectivity index (χ0v) is 9.27. The topological polar surface area (TPSA) is 43.3 Å². The highest BCUT2D eigenvalue weighted by Crippen LogP contribution is 1.90. The van der Waals surface area contributed by atoms with Crippen molar-refractivity contribution < 1.29 is 4.74 Å². The number of pyridine rings is 1. The lowest BCUT2D eigenvalue weighted by Crippen LogP contribution is -2.26. The van der Waals surface area contributed by atoms with Crippen LogP contribution in [0.2, 0.25) is 0 Å². The van der Waals surface area contributed by atoms with E-state index in [1.54, 1.807) is 22.9 Å². The van der Waals surface area contributed by atoms with E-state index in [9.17, 15) is 4.79 Å². The van der Waals surface area contributed by atoms with Gasteiger partial charge in [-0.2, -0.15) is 0 Å². The van der Waals surface area contributed by atoms with E-state index in [2.05, 4.69) is 5.32 Å². The molecule has 0 aliphatic carbocycles. The second kappa shape index (κ2) is 6.37. The van der Waals surface area contributed by atoms with Gasteiger partial charge < -0.3 is 14.6 Å². The van der Waals surface area contributed by atoms with Gasteiger partial charge >= 0.3 is 0 Å². The van der Waals surface area contributed by atoms with Crippen LogP contribution in [0.1, 0.15) is 6.92 Å². The van der Waals surface area contributed by atoms with Gasteiger partial charge in [-0.05, 0) is 20.0 Å². The average molecular weight is 210 g/mol. The number of nitrogens with one attached hydrogen (secondary N) is 1. The molecule has 1 atom stereocenters.